The molecular weight excluding hydrogens is 254 g/mol. The summed E-state index contributed by atoms with van der Waals surface area (Å²) in [5.74, 6) is 2.26. The Balaban J connectivity index is 2.64. The molecule has 1 rings (SSSR count). The van der Waals surface area contributed by atoms with Crippen molar-refractivity contribution in [3.8, 4) is 0 Å². The molecule has 108 valence electrons. The van der Waals surface area contributed by atoms with Gasteiger partial charge in [-0.25, -0.2) is 4.98 Å². The predicted octanol–water partition coefficient (Wildman–Crippen LogP) is 3.16. The number of rotatable bonds is 8. The lowest BCUT2D eigenvalue weighted by Crippen LogP contribution is -2.30. The Morgan fingerprint density at radius 1 is 1.32 bits per heavy atom. The molecular formula is C15H27N3S. The maximum atomic E-state index is 4.73. The third kappa shape index (κ3) is 5.83. The van der Waals surface area contributed by atoms with Crippen molar-refractivity contribution < 1.29 is 0 Å². The fourth-order valence-electron chi connectivity index (χ4n) is 1.78. The zero-order valence-electron chi connectivity index (χ0n) is 12.8. The number of nitrogens with zero attached hydrogens (tertiary/aromatic N) is 2. The molecule has 4 heteroatoms. The Morgan fingerprint density at radius 2 is 2.05 bits per heavy atom. The van der Waals surface area contributed by atoms with Crippen molar-refractivity contribution in [3.63, 3.8) is 0 Å². The fourth-order valence-corrected chi connectivity index (χ4v) is 2.36. The molecule has 0 aromatic carbocycles. The van der Waals surface area contributed by atoms with Crippen LogP contribution in [0.15, 0.2) is 18.2 Å². The molecule has 0 bridgehead atoms. The molecule has 0 aliphatic rings. The first-order valence-corrected chi connectivity index (χ1v) is 8.35. The van der Waals surface area contributed by atoms with Crippen molar-refractivity contribution in [2.24, 2.45) is 0 Å². The van der Waals surface area contributed by atoms with E-state index >= 15 is 0 Å². The normalized spacial score (nSPS) is 12.7. The standard InChI is InChI=1S/C15H27N3S/c1-12(2)16-11-14-7-6-8-15(17-14)18(4)13(3)9-10-19-5/h6-8,12-13,16H,9-11H2,1-5H3. The van der Waals surface area contributed by atoms with Crippen LogP contribution >= 0.6 is 11.8 Å². The number of thioether (sulfide) groups is 1. The second-order valence-corrected chi connectivity index (χ2v) is 6.25. The summed E-state index contributed by atoms with van der Waals surface area (Å²) in [4.78, 5) is 7.00. The van der Waals surface area contributed by atoms with Gasteiger partial charge in [-0.15, -0.1) is 0 Å². The highest BCUT2D eigenvalue weighted by Gasteiger charge is 2.11. The fraction of sp³-hybridized carbons (Fsp3) is 0.667. The Labute approximate surface area is 122 Å². The van der Waals surface area contributed by atoms with Crippen LogP contribution < -0.4 is 10.2 Å². The number of pyridine rings is 1. The molecule has 0 fully saturated rings. The summed E-state index contributed by atoms with van der Waals surface area (Å²) < 4.78 is 0. The molecule has 0 radical (unpaired) electrons. The summed E-state index contributed by atoms with van der Waals surface area (Å²) in [7, 11) is 2.13. The molecule has 0 aliphatic carbocycles. The van der Waals surface area contributed by atoms with Crippen LogP contribution in [-0.4, -0.2) is 36.1 Å². The summed E-state index contributed by atoms with van der Waals surface area (Å²) in [5, 5.41) is 3.41. The van der Waals surface area contributed by atoms with E-state index in [1.54, 1.807) is 0 Å². The van der Waals surface area contributed by atoms with E-state index in [1.165, 1.54) is 12.2 Å². The number of anilines is 1. The van der Waals surface area contributed by atoms with E-state index < -0.39 is 0 Å². The van der Waals surface area contributed by atoms with Crippen molar-refractivity contribution in [3.05, 3.63) is 23.9 Å². The van der Waals surface area contributed by atoms with Gasteiger partial charge in [-0.05, 0) is 37.5 Å². The van der Waals surface area contributed by atoms with Crippen LogP contribution in [0.1, 0.15) is 32.9 Å². The van der Waals surface area contributed by atoms with E-state index in [4.69, 9.17) is 4.98 Å². The smallest absolute Gasteiger partial charge is 0.128 e. The molecule has 0 aliphatic heterocycles. The lowest BCUT2D eigenvalue weighted by molar-refractivity contribution is 0.580. The van der Waals surface area contributed by atoms with Crippen molar-refractivity contribution in [2.75, 3.05) is 24.0 Å². The Hall–Kier alpha value is -0.740. The zero-order chi connectivity index (χ0) is 14.3. The Morgan fingerprint density at radius 3 is 2.68 bits per heavy atom. The quantitative estimate of drug-likeness (QED) is 0.792. The van der Waals surface area contributed by atoms with Crippen molar-refractivity contribution in [1.29, 1.82) is 0 Å². The lowest BCUT2D eigenvalue weighted by Gasteiger charge is -2.26. The lowest BCUT2D eigenvalue weighted by atomic mass is 10.2. The molecule has 1 atom stereocenters. The minimum atomic E-state index is 0.490. The van der Waals surface area contributed by atoms with Gasteiger partial charge in [-0.3, -0.25) is 0 Å². The maximum Gasteiger partial charge on any atom is 0.128 e. The molecule has 1 aromatic heterocycles. The van der Waals surface area contributed by atoms with Gasteiger partial charge < -0.3 is 10.2 Å². The molecule has 3 nitrogen and oxygen atoms in total. The minimum absolute atomic E-state index is 0.490. The van der Waals surface area contributed by atoms with Crippen LogP contribution in [0.4, 0.5) is 5.82 Å². The number of hydrogen-bond donors (Lipinski definition) is 1. The molecule has 0 saturated carbocycles. The Kier molecular flexibility index (Phi) is 7.24. The van der Waals surface area contributed by atoms with Gasteiger partial charge in [0.1, 0.15) is 5.82 Å². The van der Waals surface area contributed by atoms with E-state index in [0.29, 0.717) is 12.1 Å². The number of nitrogens with one attached hydrogen (secondary N) is 1. The van der Waals surface area contributed by atoms with E-state index in [0.717, 1.165) is 18.1 Å². The summed E-state index contributed by atoms with van der Waals surface area (Å²) >= 11 is 1.90. The second kappa shape index (κ2) is 8.43. The average Bonchev–Trinajstić information content (AvgIpc) is 2.42. The van der Waals surface area contributed by atoms with Crippen LogP contribution in [0.5, 0.6) is 0 Å². The van der Waals surface area contributed by atoms with E-state index in [-0.39, 0.29) is 0 Å². The molecule has 0 spiro atoms. The van der Waals surface area contributed by atoms with Crippen LogP contribution in [0, 0.1) is 0 Å². The van der Waals surface area contributed by atoms with Crippen LogP contribution in [0.2, 0.25) is 0 Å². The number of aromatic nitrogens is 1. The van der Waals surface area contributed by atoms with E-state index in [9.17, 15) is 0 Å². The van der Waals surface area contributed by atoms with Crippen molar-refractivity contribution in [2.45, 2.75) is 45.8 Å². The van der Waals surface area contributed by atoms with Gasteiger partial charge in [0.25, 0.3) is 0 Å². The molecule has 1 aromatic rings. The maximum absolute atomic E-state index is 4.73. The van der Waals surface area contributed by atoms with Gasteiger partial charge >= 0.3 is 0 Å². The SMILES string of the molecule is CSCCC(C)N(C)c1cccc(CNC(C)C)n1. The molecule has 1 heterocycles. The average molecular weight is 281 g/mol. The first-order valence-electron chi connectivity index (χ1n) is 6.95. The largest absolute Gasteiger partial charge is 0.357 e. The topological polar surface area (TPSA) is 28.2 Å². The summed E-state index contributed by atoms with van der Waals surface area (Å²) in [6, 6.07) is 7.28. The first-order chi connectivity index (χ1) is 9.04. The molecule has 1 N–H and O–H groups in total. The third-order valence-electron chi connectivity index (χ3n) is 3.25. The highest BCUT2D eigenvalue weighted by Crippen LogP contribution is 2.15. The second-order valence-electron chi connectivity index (χ2n) is 5.26. The molecule has 19 heavy (non-hydrogen) atoms. The third-order valence-corrected chi connectivity index (χ3v) is 3.89. The van der Waals surface area contributed by atoms with Gasteiger partial charge in [0.15, 0.2) is 0 Å². The Bertz CT molecular complexity index is 368. The zero-order valence-corrected chi connectivity index (χ0v) is 13.6. The molecule has 1 unspecified atom stereocenters. The van der Waals surface area contributed by atoms with Crippen molar-refractivity contribution >= 4 is 17.6 Å². The predicted molar refractivity (Wildman–Crippen MR) is 87.1 cm³/mol. The van der Waals surface area contributed by atoms with Crippen LogP contribution in [-0.2, 0) is 6.54 Å². The van der Waals surface area contributed by atoms with Gasteiger partial charge in [-0.1, -0.05) is 19.9 Å². The first kappa shape index (κ1) is 16.3. The highest BCUT2D eigenvalue weighted by atomic mass is 32.2. The highest BCUT2D eigenvalue weighted by molar-refractivity contribution is 7.98. The van der Waals surface area contributed by atoms with Gasteiger partial charge in [0.05, 0.1) is 5.69 Å². The summed E-state index contributed by atoms with van der Waals surface area (Å²) in [5.41, 5.74) is 1.11. The molecule has 0 amide bonds. The van der Waals surface area contributed by atoms with Gasteiger partial charge in [-0.2, -0.15) is 11.8 Å². The van der Waals surface area contributed by atoms with E-state index in [1.807, 2.05) is 11.8 Å². The summed E-state index contributed by atoms with van der Waals surface area (Å²) in [6.45, 7) is 7.40. The van der Waals surface area contributed by atoms with Crippen molar-refractivity contribution in [1.82, 2.24) is 10.3 Å². The van der Waals surface area contributed by atoms with Gasteiger partial charge in [0.2, 0.25) is 0 Å². The van der Waals surface area contributed by atoms with Crippen LogP contribution in [0.3, 0.4) is 0 Å². The minimum Gasteiger partial charge on any atom is -0.357 e. The van der Waals surface area contributed by atoms with E-state index in [2.05, 4.69) is 62.5 Å². The van der Waals surface area contributed by atoms with Crippen LogP contribution in [0.25, 0.3) is 0 Å². The van der Waals surface area contributed by atoms with Gasteiger partial charge in [0, 0.05) is 25.7 Å². The summed E-state index contributed by atoms with van der Waals surface area (Å²) in [6.07, 6.45) is 3.34. The number of hydrogen-bond acceptors (Lipinski definition) is 4. The molecule has 0 saturated heterocycles. The monoisotopic (exact) mass is 281 g/mol.